The minimum absolute atomic E-state index is 0.243. The number of carbonyl (C=O) groups is 2. The minimum atomic E-state index is -0.594. The molecule has 4 nitrogen and oxygen atoms in total. The first-order chi connectivity index (χ1) is 9.58. The molecular weight excluding hydrogens is 254 g/mol. The number of hydrogen-bond acceptors (Lipinski definition) is 4. The molecule has 0 spiro atoms. The number of ketones is 1. The third kappa shape index (κ3) is 3.23. The highest BCUT2D eigenvalue weighted by molar-refractivity contribution is 6.00. The van der Waals surface area contributed by atoms with Crippen LogP contribution in [0.1, 0.15) is 26.3 Å². The van der Waals surface area contributed by atoms with Gasteiger partial charge in [-0.1, -0.05) is 42.0 Å². The number of aryl methyl sites for hydroxylation is 1. The predicted octanol–water partition coefficient (Wildman–Crippen LogP) is 2.62. The summed E-state index contributed by atoms with van der Waals surface area (Å²) in [4.78, 5) is 23.7. The van der Waals surface area contributed by atoms with Crippen molar-refractivity contribution in [2.24, 2.45) is 0 Å². The van der Waals surface area contributed by atoms with Crippen molar-refractivity contribution >= 4 is 17.4 Å². The maximum absolute atomic E-state index is 11.9. The van der Waals surface area contributed by atoms with Crippen LogP contribution in [0.4, 0.5) is 5.69 Å². The molecule has 0 radical (unpaired) electrons. The summed E-state index contributed by atoms with van der Waals surface area (Å²) < 4.78 is 4.99. The Morgan fingerprint density at radius 2 is 1.70 bits per heavy atom. The number of para-hydroxylation sites is 1. The van der Waals surface area contributed by atoms with Crippen molar-refractivity contribution in [1.82, 2.24) is 0 Å². The molecule has 0 aliphatic carbocycles. The van der Waals surface area contributed by atoms with Crippen molar-refractivity contribution in [1.29, 1.82) is 0 Å². The summed E-state index contributed by atoms with van der Waals surface area (Å²) in [7, 11) is 0. The number of rotatable bonds is 4. The Balaban J connectivity index is 1.99. The molecule has 0 atom stereocenters. The summed E-state index contributed by atoms with van der Waals surface area (Å²) in [6.07, 6.45) is 0. The van der Waals surface area contributed by atoms with Gasteiger partial charge in [-0.15, -0.1) is 0 Å². The number of benzene rings is 2. The molecular formula is C16H15NO3. The average Bonchev–Trinajstić information content (AvgIpc) is 2.45. The molecule has 0 amide bonds. The second kappa shape index (κ2) is 6.02. The van der Waals surface area contributed by atoms with Crippen LogP contribution in [0.15, 0.2) is 48.5 Å². The Morgan fingerprint density at radius 3 is 2.35 bits per heavy atom. The van der Waals surface area contributed by atoms with E-state index < -0.39 is 5.97 Å². The molecule has 102 valence electrons. The van der Waals surface area contributed by atoms with Crippen LogP contribution in [0.25, 0.3) is 0 Å². The smallest absolute Gasteiger partial charge is 0.340 e. The number of anilines is 1. The molecule has 2 N–H and O–H groups in total. The van der Waals surface area contributed by atoms with Gasteiger partial charge < -0.3 is 10.5 Å². The summed E-state index contributed by atoms with van der Waals surface area (Å²) in [6.45, 7) is 1.64. The van der Waals surface area contributed by atoms with Crippen molar-refractivity contribution in [3.63, 3.8) is 0 Å². The molecule has 0 bridgehead atoms. The van der Waals surface area contributed by atoms with Gasteiger partial charge in [-0.05, 0) is 19.1 Å². The molecule has 0 aliphatic rings. The Bertz CT molecular complexity index is 632. The molecule has 20 heavy (non-hydrogen) atoms. The SMILES string of the molecule is Cc1ccc(C(=O)COC(=O)c2ccccc2N)cc1. The van der Waals surface area contributed by atoms with Crippen LogP contribution in [-0.4, -0.2) is 18.4 Å². The van der Waals surface area contributed by atoms with Crippen molar-refractivity contribution < 1.29 is 14.3 Å². The maximum atomic E-state index is 11.9. The van der Waals surface area contributed by atoms with Gasteiger partial charge in [0.1, 0.15) is 0 Å². The van der Waals surface area contributed by atoms with E-state index in [0.29, 0.717) is 11.3 Å². The molecule has 0 aromatic heterocycles. The van der Waals surface area contributed by atoms with E-state index in [2.05, 4.69) is 0 Å². The number of esters is 1. The lowest BCUT2D eigenvalue weighted by Crippen LogP contribution is -2.15. The number of hydrogen-bond donors (Lipinski definition) is 1. The lowest BCUT2D eigenvalue weighted by molar-refractivity contribution is 0.0476. The van der Waals surface area contributed by atoms with E-state index in [-0.39, 0.29) is 18.0 Å². The van der Waals surface area contributed by atoms with E-state index in [0.717, 1.165) is 5.56 Å². The Kier molecular flexibility index (Phi) is 4.15. The summed E-state index contributed by atoms with van der Waals surface area (Å²) in [6, 6.07) is 13.7. The average molecular weight is 269 g/mol. The number of ether oxygens (including phenoxy) is 1. The molecule has 2 aromatic rings. The molecule has 2 aromatic carbocycles. The van der Waals surface area contributed by atoms with Crippen LogP contribution in [0, 0.1) is 6.92 Å². The van der Waals surface area contributed by atoms with E-state index in [1.807, 2.05) is 19.1 Å². The lowest BCUT2D eigenvalue weighted by Gasteiger charge is -2.06. The lowest BCUT2D eigenvalue weighted by atomic mass is 10.1. The first-order valence-electron chi connectivity index (χ1n) is 6.19. The zero-order valence-corrected chi connectivity index (χ0v) is 11.1. The van der Waals surface area contributed by atoms with E-state index in [1.54, 1.807) is 36.4 Å². The van der Waals surface area contributed by atoms with Gasteiger partial charge in [-0.3, -0.25) is 4.79 Å². The van der Waals surface area contributed by atoms with Crippen LogP contribution in [0.5, 0.6) is 0 Å². The third-order valence-corrected chi connectivity index (χ3v) is 2.89. The van der Waals surface area contributed by atoms with Gasteiger partial charge in [0.25, 0.3) is 0 Å². The number of carbonyl (C=O) groups excluding carboxylic acids is 2. The standard InChI is InChI=1S/C16H15NO3/c1-11-6-8-12(9-7-11)15(18)10-20-16(19)13-4-2-3-5-14(13)17/h2-9H,10,17H2,1H3. The van der Waals surface area contributed by atoms with Crippen LogP contribution >= 0.6 is 0 Å². The molecule has 4 heteroatoms. The topological polar surface area (TPSA) is 69.4 Å². The third-order valence-electron chi connectivity index (χ3n) is 2.89. The first kappa shape index (κ1) is 13.8. The molecule has 0 saturated carbocycles. The molecule has 0 saturated heterocycles. The summed E-state index contributed by atoms with van der Waals surface area (Å²) in [5.74, 6) is -0.837. The number of nitrogens with two attached hydrogens (primary N) is 1. The maximum Gasteiger partial charge on any atom is 0.340 e. The molecule has 0 unspecified atom stereocenters. The molecule has 0 aliphatic heterocycles. The van der Waals surface area contributed by atoms with E-state index in [1.165, 1.54) is 0 Å². The summed E-state index contributed by atoms with van der Waals surface area (Å²) >= 11 is 0. The van der Waals surface area contributed by atoms with Gasteiger partial charge in [0, 0.05) is 11.3 Å². The van der Waals surface area contributed by atoms with Crippen LogP contribution < -0.4 is 5.73 Å². The second-order valence-electron chi connectivity index (χ2n) is 4.45. The number of Topliss-reactive ketones (excluding diaryl/α,β-unsaturated/α-hetero) is 1. The fourth-order valence-corrected chi connectivity index (χ4v) is 1.71. The van der Waals surface area contributed by atoms with E-state index >= 15 is 0 Å². The zero-order valence-electron chi connectivity index (χ0n) is 11.1. The molecule has 0 fully saturated rings. The van der Waals surface area contributed by atoms with Gasteiger partial charge in [-0.2, -0.15) is 0 Å². The fourth-order valence-electron chi connectivity index (χ4n) is 1.71. The molecule has 0 heterocycles. The van der Waals surface area contributed by atoms with Gasteiger partial charge >= 0.3 is 5.97 Å². The minimum Gasteiger partial charge on any atom is -0.454 e. The van der Waals surface area contributed by atoms with Crippen LogP contribution in [-0.2, 0) is 4.74 Å². The highest BCUT2D eigenvalue weighted by Crippen LogP contribution is 2.12. The monoisotopic (exact) mass is 269 g/mol. The van der Waals surface area contributed by atoms with Gasteiger partial charge in [0.15, 0.2) is 12.4 Å². The number of nitrogen functional groups attached to an aromatic ring is 1. The van der Waals surface area contributed by atoms with E-state index in [9.17, 15) is 9.59 Å². The Morgan fingerprint density at radius 1 is 1.05 bits per heavy atom. The van der Waals surface area contributed by atoms with Crippen LogP contribution in [0.3, 0.4) is 0 Å². The van der Waals surface area contributed by atoms with E-state index in [4.69, 9.17) is 10.5 Å². The van der Waals surface area contributed by atoms with Crippen molar-refractivity contribution in [3.05, 3.63) is 65.2 Å². The normalized spacial score (nSPS) is 10.1. The van der Waals surface area contributed by atoms with Crippen molar-refractivity contribution in [2.45, 2.75) is 6.92 Å². The highest BCUT2D eigenvalue weighted by atomic mass is 16.5. The van der Waals surface area contributed by atoms with Gasteiger partial charge in [0.05, 0.1) is 5.56 Å². The van der Waals surface area contributed by atoms with Crippen molar-refractivity contribution in [2.75, 3.05) is 12.3 Å². The first-order valence-corrected chi connectivity index (χ1v) is 6.19. The largest absolute Gasteiger partial charge is 0.454 e. The summed E-state index contributed by atoms with van der Waals surface area (Å²) in [5.41, 5.74) is 7.85. The van der Waals surface area contributed by atoms with Gasteiger partial charge in [-0.25, -0.2) is 4.79 Å². The van der Waals surface area contributed by atoms with Crippen molar-refractivity contribution in [3.8, 4) is 0 Å². The predicted molar refractivity (Wildman–Crippen MR) is 76.6 cm³/mol. The van der Waals surface area contributed by atoms with Crippen LogP contribution in [0.2, 0.25) is 0 Å². The fraction of sp³-hybridized carbons (Fsp3) is 0.125. The quantitative estimate of drug-likeness (QED) is 0.526. The Hall–Kier alpha value is -2.62. The second-order valence-corrected chi connectivity index (χ2v) is 4.45. The Labute approximate surface area is 117 Å². The summed E-state index contributed by atoms with van der Waals surface area (Å²) in [5, 5.41) is 0. The zero-order chi connectivity index (χ0) is 14.5. The highest BCUT2D eigenvalue weighted by Gasteiger charge is 2.13. The molecule has 2 rings (SSSR count). The van der Waals surface area contributed by atoms with Gasteiger partial charge in [0.2, 0.25) is 0 Å².